The number of carbonyl (C=O) groups excluding carboxylic acids is 6. The van der Waals surface area contributed by atoms with Gasteiger partial charge in [-0.3, -0.25) is 28.8 Å². The first-order chi connectivity index (χ1) is 25.9. The smallest absolute Gasteiger partial charge is 0.410 e. The lowest BCUT2D eigenvalue weighted by molar-refractivity contribution is -0.141. The molecule has 1 aromatic rings. The first-order valence-corrected chi connectivity index (χ1v) is 19.9. The van der Waals surface area contributed by atoms with Gasteiger partial charge >= 0.3 is 12.2 Å². The normalized spacial score (nSPS) is 27.0. The number of rotatable bonds is 6. The highest BCUT2D eigenvalue weighted by molar-refractivity contribution is 7.91. The van der Waals surface area contributed by atoms with Crippen LogP contribution in [0.2, 0.25) is 0 Å². The fourth-order valence-electron chi connectivity index (χ4n) is 7.21. The summed E-state index contributed by atoms with van der Waals surface area (Å²) in [5.41, 5.74) is -1.63. The van der Waals surface area contributed by atoms with Gasteiger partial charge in [0.05, 0.1) is 18.3 Å². The number of alkyl carbamates (subject to hydrolysis) is 1. The van der Waals surface area contributed by atoms with Crippen molar-refractivity contribution in [2.75, 3.05) is 19.6 Å². The summed E-state index contributed by atoms with van der Waals surface area (Å²) in [6.07, 6.45) is 2.65. The number of ether oxygens (including phenoxy) is 2. The standard InChI is InChI=1S/C37H47FN6O10S/c1-5-30(45)42-15-7-6-10-23-18-37(23,33(48)41-55(51,52)25-12-13-25)40-31(46)29-17-24(53-35(50)43-19-22-9-8-11-27(38)26(22)21-43)20-44(29)32(47)28(14-16-42)39-34(49)54-36(2,3)4/h5-6,8-11,23-25,28-29H,1,7,12-21H2,2-4H3,(H,39,49)(H,40,46)(H,41,48)/t23-,24-,28+,29+,37-/m1/s1. The second kappa shape index (κ2) is 15.3. The summed E-state index contributed by atoms with van der Waals surface area (Å²) in [5, 5.41) is 4.61. The van der Waals surface area contributed by atoms with Crippen molar-refractivity contribution < 1.29 is 51.0 Å². The third kappa shape index (κ3) is 8.95. The summed E-state index contributed by atoms with van der Waals surface area (Å²) in [5.74, 6) is -3.97. The van der Waals surface area contributed by atoms with Gasteiger partial charge in [-0.15, -0.1) is 0 Å². The quantitative estimate of drug-likeness (QED) is 0.283. The summed E-state index contributed by atoms with van der Waals surface area (Å²) in [4.78, 5) is 85.7. The molecule has 6 amide bonds. The van der Waals surface area contributed by atoms with Crippen LogP contribution in [0.3, 0.4) is 0 Å². The van der Waals surface area contributed by atoms with E-state index in [1.165, 1.54) is 21.9 Å². The van der Waals surface area contributed by atoms with Crippen LogP contribution in [-0.4, -0.2) is 113 Å². The largest absolute Gasteiger partial charge is 0.444 e. The van der Waals surface area contributed by atoms with Gasteiger partial charge in [-0.2, -0.15) is 0 Å². The van der Waals surface area contributed by atoms with Crippen molar-refractivity contribution in [2.24, 2.45) is 5.92 Å². The maximum absolute atomic E-state index is 14.5. The van der Waals surface area contributed by atoms with E-state index in [9.17, 15) is 41.6 Å². The van der Waals surface area contributed by atoms with Crippen molar-refractivity contribution >= 4 is 45.8 Å². The number of sulfonamides is 1. The van der Waals surface area contributed by atoms with Crippen LogP contribution in [0.4, 0.5) is 14.0 Å². The Labute approximate surface area is 318 Å². The maximum Gasteiger partial charge on any atom is 0.410 e. The SMILES string of the molecule is C=CC(=O)N1CCC=C[C@@H]2C[C@@]2(C(=O)NS(=O)(=O)C2CC2)NC(=O)[C@@H]2C[C@@H](OC(=O)N3Cc4cccc(F)c4C3)CN2C(=O)[C@@H](NC(=O)OC(C)(C)C)CC1. The fourth-order valence-corrected chi connectivity index (χ4v) is 8.58. The molecule has 5 aliphatic rings. The van der Waals surface area contributed by atoms with Gasteiger partial charge in [0.15, 0.2) is 0 Å². The average Bonchev–Trinajstić information content (AvgIpc) is 3.99. The number of hydrogen-bond donors (Lipinski definition) is 3. The van der Waals surface area contributed by atoms with E-state index in [0.29, 0.717) is 30.4 Å². The van der Waals surface area contributed by atoms with Gasteiger partial charge < -0.3 is 29.9 Å². The van der Waals surface area contributed by atoms with Crippen molar-refractivity contribution in [1.82, 2.24) is 30.1 Å². The summed E-state index contributed by atoms with van der Waals surface area (Å²) in [7, 11) is -3.99. The molecule has 3 aliphatic heterocycles. The van der Waals surface area contributed by atoms with Crippen LogP contribution in [0.25, 0.3) is 0 Å². The lowest BCUT2D eigenvalue weighted by atomic mass is 10.1. The number of nitrogens with zero attached hydrogens (tertiary/aromatic N) is 3. The molecular weight excluding hydrogens is 740 g/mol. The van der Waals surface area contributed by atoms with E-state index in [1.54, 1.807) is 39.0 Å². The van der Waals surface area contributed by atoms with Gasteiger partial charge in [0.25, 0.3) is 5.91 Å². The Kier molecular flexibility index (Phi) is 11.0. The molecule has 2 aliphatic carbocycles. The van der Waals surface area contributed by atoms with E-state index in [4.69, 9.17) is 9.47 Å². The van der Waals surface area contributed by atoms with Crippen molar-refractivity contribution in [1.29, 1.82) is 0 Å². The predicted molar refractivity (Wildman–Crippen MR) is 193 cm³/mol. The van der Waals surface area contributed by atoms with Crippen LogP contribution in [0.5, 0.6) is 0 Å². The molecule has 1 aromatic carbocycles. The molecule has 55 heavy (non-hydrogen) atoms. The molecule has 0 bridgehead atoms. The Bertz CT molecular complexity index is 1910. The van der Waals surface area contributed by atoms with Crippen molar-refractivity contribution in [2.45, 2.75) is 107 Å². The number of amides is 6. The number of hydrogen-bond acceptors (Lipinski definition) is 10. The second-order valence-electron chi connectivity index (χ2n) is 15.7. The van der Waals surface area contributed by atoms with Gasteiger partial charge in [0.1, 0.15) is 35.1 Å². The molecule has 3 N–H and O–H groups in total. The molecule has 2 saturated carbocycles. The lowest BCUT2D eigenvalue weighted by Gasteiger charge is -2.31. The van der Waals surface area contributed by atoms with Crippen molar-refractivity contribution in [3.8, 4) is 0 Å². The zero-order valence-electron chi connectivity index (χ0n) is 31.0. The maximum atomic E-state index is 14.5. The predicted octanol–water partition coefficient (Wildman–Crippen LogP) is 1.99. The number of halogens is 1. The zero-order valence-corrected chi connectivity index (χ0v) is 31.9. The fraction of sp³-hybridized carbons (Fsp3) is 0.568. The molecule has 5 atom stereocenters. The minimum absolute atomic E-state index is 0.00507. The van der Waals surface area contributed by atoms with E-state index >= 15 is 0 Å². The Hall–Kier alpha value is -5.00. The first kappa shape index (κ1) is 39.7. The summed E-state index contributed by atoms with van der Waals surface area (Å²) in [6, 6.07) is 1.87. The Balaban J connectivity index is 1.30. The molecule has 3 heterocycles. The van der Waals surface area contributed by atoms with E-state index < -0.39 is 92.2 Å². The highest BCUT2D eigenvalue weighted by Crippen LogP contribution is 2.46. The summed E-state index contributed by atoms with van der Waals surface area (Å²) < 4.78 is 53.5. The first-order valence-electron chi connectivity index (χ1n) is 18.4. The molecule has 0 radical (unpaired) electrons. The highest BCUT2D eigenvalue weighted by Gasteiger charge is 2.62. The molecule has 1 saturated heterocycles. The third-order valence-electron chi connectivity index (χ3n) is 10.4. The Morgan fingerprint density at radius 3 is 2.49 bits per heavy atom. The molecule has 18 heteroatoms. The van der Waals surface area contributed by atoms with Crippen molar-refractivity contribution in [3.05, 3.63) is 60.0 Å². The topological polar surface area (TPSA) is 201 Å². The molecule has 6 rings (SSSR count). The van der Waals surface area contributed by atoms with Crippen LogP contribution >= 0.6 is 0 Å². The molecule has 298 valence electrons. The molecule has 3 fully saturated rings. The van der Waals surface area contributed by atoms with Gasteiger partial charge in [-0.05, 0) is 70.6 Å². The van der Waals surface area contributed by atoms with Gasteiger partial charge in [0.2, 0.25) is 27.7 Å². The number of nitrogens with one attached hydrogen (secondary N) is 3. The van der Waals surface area contributed by atoms with E-state index in [0.717, 1.165) is 11.0 Å². The zero-order chi connectivity index (χ0) is 39.9. The number of benzene rings is 1. The lowest BCUT2D eigenvalue weighted by Crippen LogP contribution is -2.58. The summed E-state index contributed by atoms with van der Waals surface area (Å²) in [6.45, 7) is 8.42. The third-order valence-corrected chi connectivity index (χ3v) is 12.2. The Morgan fingerprint density at radius 1 is 1.07 bits per heavy atom. The van der Waals surface area contributed by atoms with E-state index in [2.05, 4.69) is 21.9 Å². The monoisotopic (exact) mass is 786 g/mol. The molecule has 0 aromatic heterocycles. The molecule has 0 unspecified atom stereocenters. The van der Waals surface area contributed by atoms with E-state index in [-0.39, 0.29) is 52.0 Å². The van der Waals surface area contributed by atoms with E-state index in [1.807, 2.05) is 0 Å². The van der Waals surface area contributed by atoms with Gasteiger partial charge in [-0.25, -0.2) is 22.4 Å². The Morgan fingerprint density at radius 2 is 1.82 bits per heavy atom. The van der Waals surface area contributed by atoms with Crippen LogP contribution in [0.1, 0.15) is 70.4 Å². The average molecular weight is 787 g/mol. The molecule has 16 nitrogen and oxygen atoms in total. The van der Waals surface area contributed by atoms with Gasteiger partial charge in [-0.1, -0.05) is 30.9 Å². The minimum atomic E-state index is -3.99. The van der Waals surface area contributed by atoms with Gasteiger partial charge in [0, 0.05) is 37.5 Å². The van der Waals surface area contributed by atoms with Crippen LogP contribution in [0.15, 0.2) is 43.0 Å². The number of fused-ring (bicyclic) bond motifs is 3. The van der Waals surface area contributed by atoms with Crippen LogP contribution < -0.4 is 15.4 Å². The molecule has 0 spiro atoms. The second-order valence-corrected chi connectivity index (χ2v) is 17.6. The highest BCUT2D eigenvalue weighted by atomic mass is 32.2. The van der Waals surface area contributed by atoms with Crippen LogP contribution in [-0.2, 0) is 51.8 Å². The summed E-state index contributed by atoms with van der Waals surface area (Å²) >= 11 is 0. The molecular formula is C37H47FN6O10S. The van der Waals surface area contributed by atoms with Crippen LogP contribution in [0, 0.1) is 11.7 Å². The number of carbonyl (C=O) groups is 6. The minimum Gasteiger partial charge on any atom is -0.444 e. The van der Waals surface area contributed by atoms with Crippen molar-refractivity contribution in [3.63, 3.8) is 0 Å².